The van der Waals surface area contributed by atoms with Crippen LogP contribution >= 0.6 is 11.8 Å². The minimum atomic E-state index is -1.52. The van der Waals surface area contributed by atoms with Crippen molar-refractivity contribution in [3.05, 3.63) is 72.3 Å². The van der Waals surface area contributed by atoms with Gasteiger partial charge in [0.2, 0.25) is 0 Å². The number of nitrogens with zero attached hydrogens (tertiary/aromatic N) is 1. The highest BCUT2D eigenvalue weighted by atomic mass is 32.2. The minimum absolute atomic E-state index is 0.0404. The first kappa shape index (κ1) is 28.8. The van der Waals surface area contributed by atoms with Crippen LogP contribution in [0.25, 0.3) is 22.6 Å². The van der Waals surface area contributed by atoms with Gasteiger partial charge < -0.3 is 14.6 Å². The van der Waals surface area contributed by atoms with Gasteiger partial charge in [0.05, 0.1) is 11.9 Å². The van der Waals surface area contributed by atoms with Crippen molar-refractivity contribution in [2.45, 2.75) is 75.7 Å². The van der Waals surface area contributed by atoms with Gasteiger partial charge in [-0.2, -0.15) is 0 Å². The van der Waals surface area contributed by atoms with E-state index < -0.39 is 17.1 Å². The lowest BCUT2D eigenvalue weighted by Crippen LogP contribution is -2.61. The zero-order valence-electron chi connectivity index (χ0n) is 24.8. The van der Waals surface area contributed by atoms with Crippen LogP contribution in [0.2, 0.25) is 0 Å². The van der Waals surface area contributed by atoms with E-state index in [9.17, 15) is 19.8 Å². The van der Waals surface area contributed by atoms with Gasteiger partial charge in [0.1, 0.15) is 11.3 Å². The number of benzene rings is 2. The van der Waals surface area contributed by atoms with E-state index >= 15 is 0 Å². The number of hydrogen-bond acceptors (Lipinski definition) is 7. The Bertz CT molecular complexity index is 1530. The highest BCUT2D eigenvalue weighted by Crippen LogP contribution is 2.67. The summed E-state index contributed by atoms with van der Waals surface area (Å²) in [5, 5.41) is 24.3. The van der Waals surface area contributed by atoms with E-state index in [0.29, 0.717) is 30.2 Å². The standard InChI is InChI=1S/C36H39NO5S/c1-34-17-15-25(38)19-24(34)13-14-26-27-16-18-36(41,35(27,2)20-28(39)30(26)34)29(40)21-43-33-37-31(22-9-5-3-6-10-22)32(42-33)23-11-7-4-8-12-23/h3-12,19,26-28,30,39,41H,13-18,20-21H2,1-2H3/t26?,27?,28?,30?,34?,35?,36-/m0/s1. The molecule has 224 valence electrons. The molecule has 43 heavy (non-hydrogen) atoms. The molecule has 7 heteroatoms. The molecule has 0 bridgehead atoms. The molecular formula is C36H39NO5S. The highest BCUT2D eigenvalue weighted by molar-refractivity contribution is 7.99. The van der Waals surface area contributed by atoms with E-state index in [1.165, 1.54) is 17.3 Å². The summed E-state index contributed by atoms with van der Waals surface area (Å²) >= 11 is 1.23. The van der Waals surface area contributed by atoms with Crippen molar-refractivity contribution in [1.29, 1.82) is 0 Å². The fourth-order valence-electron chi connectivity index (χ4n) is 9.34. The topological polar surface area (TPSA) is 101 Å². The number of hydrogen-bond donors (Lipinski definition) is 2. The highest BCUT2D eigenvalue weighted by Gasteiger charge is 2.68. The Morgan fingerprint density at radius 2 is 1.70 bits per heavy atom. The van der Waals surface area contributed by atoms with Crippen LogP contribution in [-0.4, -0.2) is 44.2 Å². The fraction of sp³-hybridized carbons (Fsp3) is 0.472. The molecule has 3 aromatic rings. The van der Waals surface area contributed by atoms with E-state index in [-0.39, 0.29) is 40.5 Å². The molecular weight excluding hydrogens is 558 g/mol. The number of Topliss-reactive ketones (excluding diaryl/α,β-unsaturated/α-hetero) is 1. The smallest absolute Gasteiger partial charge is 0.257 e. The average molecular weight is 598 g/mol. The van der Waals surface area contributed by atoms with Crippen molar-refractivity contribution in [2.24, 2.45) is 28.6 Å². The Morgan fingerprint density at radius 1 is 1.00 bits per heavy atom. The van der Waals surface area contributed by atoms with E-state index in [4.69, 9.17) is 9.40 Å². The second-order valence-electron chi connectivity index (χ2n) is 13.6. The van der Waals surface area contributed by atoms with Crippen molar-refractivity contribution in [3.8, 4) is 22.6 Å². The first-order chi connectivity index (χ1) is 20.6. The molecule has 2 N–H and O–H groups in total. The van der Waals surface area contributed by atoms with Crippen molar-refractivity contribution in [2.75, 3.05) is 5.75 Å². The maximum Gasteiger partial charge on any atom is 0.257 e. The molecule has 1 aromatic heterocycles. The van der Waals surface area contributed by atoms with E-state index in [2.05, 4.69) is 6.92 Å². The Kier molecular flexibility index (Phi) is 7.07. The van der Waals surface area contributed by atoms with Gasteiger partial charge in [-0.1, -0.05) is 91.8 Å². The number of carbonyl (C=O) groups excluding carboxylic acids is 2. The molecule has 1 heterocycles. The number of aromatic nitrogens is 1. The maximum atomic E-state index is 14.0. The van der Waals surface area contributed by atoms with Gasteiger partial charge in [0, 0.05) is 23.0 Å². The third-order valence-corrected chi connectivity index (χ3v) is 12.4. The van der Waals surface area contributed by atoms with Crippen molar-refractivity contribution in [3.63, 3.8) is 0 Å². The zero-order valence-corrected chi connectivity index (χ0v) is 25.6. The van der Waals surface area contributed by atoms with E-state index in [1.54, 1.807) is 0 Å². The third-order valence-electron chi connectivity index (χ3n) is 11.5. The average Bonchev–Trinajstić information content (AvgIpc) is 3.56. The number of allylic oxidation sites excluding steroid dienone is 1. The zero-order chi connectivity index (χ0) is 30.0. The summed E-state index contributed by atoms with van der Waals surface area (Å²) in [5.41, 5.74) is 1.31. The molecule has 6 unspecified atom stereocenters. The normalized spacial score (nSPS) is 35.1. The fourth-order valence-corrected chi connectivity index (χ4v) is 10.1. The molecule has 0 saturated heterocycles. The number of thioether (sulfide) groups is 1. The molecule has 3 saturated carbocycles. The quantitative estimate of drug-likeness (QED) is 0.298. The summed E-state index contributed by atoms with van der Waals surface area (Å²) in [5.74, 6) is 1.07. The molecule has 6 nitrogen and oxygen atoms in total. The third kappa shape index (κ3) is 4.49. The van der Waals surface area contributed by atoms with Gasteiger partial charge in [0.25, 0.3) is 5.22 Å². The molecule has 0 amide bonds. The van der Waals surface area contributed by atoms with E-state index in [0.717, 1.165) is 42.5 Å². The molecule has 4 aliphatic rings. The number of aliphatic hydroxyl groups is 2. The molecule has 4 aliphatic carbocycles. The van der Waals surface area contributed by atoms with Crippen molar-refractivity contribution >= 4 is 23.3 Å². The van der Waals surface area contributed by atoms with Gasteiger partial charge >= 0.3 is 0 Å². The summed E-state index contributed by atoms with van der Waals surface area (Å²) in [7, 11) is 0. The second-order valence-corrected chi connectivity index (χ2v) is 14.5. The Labute approximate surface area is 257 Å². The summed E-state index contributed by atoms with van der Waals surface area (Å²) in [6, 6.07) is 19.7. The Hall–Kier alpha value is -3.00. The summed E-state index contributed by atoms with van der Waals surface area (Å²) in [4.78, 5) is 30.9. The van der Waals surface area contributed by atoms with Gasteiger partial charge in [-0.15, -0.1) is 0 Å². The SMILES string of the molecule is CC12CCC(=O)C=C1CCC1C2C(O)CC2(C)C1CC[C@]2(O)C(=O)CSc1nc(-c2ccccc2)c(-c2ccccc2)o1. The lowest BCUT2D eigenvalue weighted by Gasteiger charge is -2.60. The molecule has 0 aliphatic heterocycles. The first-order valence-electron chi connectivity index (χ1n) is 15.6. The molecule has 7 atom stereocenters. The number of oxazole rings is 1. The van der Waals surface area contributed by atoms with Gasteiger partial charge in [-0.05, 0) is 67.8 Å². The minimum Gasteiger partial charge on any atom is -0.431 e. The molecule has 3 fully saturated rings. The van der Waals surface area contributed by atoms with Crippen LogP contribution in [0.1, 0.15) is 58.8 Å². The van der Waals surface area contributed by atoms with Crippen LogP contribution in [0, 0.1) is 28.6 Å². The van der Waals surface area contributed by atoms with E-state index in [1.807, 2.05) is 73.7 Å². The largest absolute Gasteiger partial charge is 0.431 e. The van der Waals surface area contributed by atoms with Crippen molar-refractivity contribution < 1.29 is 24.2 Å². The van der Waals surface area contributed by atoms with Gasteiger partial charge in [-0.25, -0.2) is 4.98 Å². The maximum absolute atomic E-state index is 14.0. The molecule has 0 spiro atoms. The number of fused-ring (bicyclic) bond motifs is 5. The number of aliphatic hydroxyl groups excluding tert-OH is 1. The summed E-state index contributed by atoms with van der Waals surface area (Å²) in [6.45, 7) is 4.25. The Morgan fingerprint density at radius 3 is 2.42 bits per heavy atom. The van der Waals surface area contributed by atoms with Crippen LogP contribution in [0.5, 0.6) is 0 Å². The summed E-state index contributed by atoms with van der Waals surface area (Å²) < 4.78 is 6.24. The number of carbonyl (C=O) groups is 2. The lowest BCUT2D eigenvalue weighted by molar-refractivity contribution is -0.178. The van der Waals surface area contributed by atoms with Crippen LogP contribution in [0.15, 0.2) is 82.0 Å². The molecule has 7 rings (SSSR count). The molecule has 0 radical (unpaired) electrons. The number of rotatable bonds is 6. The van der Waals surface area contributed by atoms with Gasteiger partial charge in [-0.3, -0.25) is 9.59 Å². The molecule has 2 aromatic carbocycles. The van der Waals surface area contributed by atoms with Crippen molar-refractivity contribution in [1.82, 2.24) is 4.98 Å². The van der Waals surface area contributed by atoms with Crippen LogP contribution < -0.4 is 0 Å². The lowest BCUT2D eigenvalue weighted by atomic mass is 9.45. The predicted molar refractivity (Wildman–Crippen MR) is 166 cm³/mol. The van der Waals surface area contributed by atoms with Crippen LogP contribution in [0.4, 0.5) is 0 Å². The monoisotopic (exact) mass is 597 g/mol. The second kappa shape index (κ2) is 10.6. The van der Waals surface area contributed by atoms with Crippen LogP contribution in [-0.2, 0) is 9.59 Å². The first-order valence-corrected chi connectivity index (χ1v) is 16.5. The van der Waals surface area contributed by atoms with Crippen LogP contribution in [0.3, 0.4) is 0 Å². The Balaban J connectivity index is 1.13. The predicted octanol–water partition coefficient (Wildman–Crippen LogP) is 6.90. The summed E-state index contributed by atoms with van der Waals surface area (Å²) in [6.07, 6.45) is 5.78. The number of ketones is 2. The van der Waals surface area contributed by atoms with Gasteiger partial charge in [0.15, 0.2) is 17.3 Å².